The van der Waals surface area contributed by atoms with Crippen LogP contribution in [0.1, 0.15) is 19.8 Å². The van der Waals surface area contributed by atoms with Gasteiger partial charge in [-0.2, -0.15) is 5.01 Å². The number of carboxylic acids is 1. The van der Waals surface area contributed by atoms with Crippen LogP contribution >= 0.6 is 0 Å². The maximum Gasteiger partial charge on any atom is 0.304 e. The summed E-state index contributed by atoms with van der Waals surface area (Å²) >= 11 is 0. The van der Waals surface area contributed by atoms with Gasteiger partial charge in [-0.1, -0.05) is 6.92 Å². The zero-order chi connectivity index (χ0) is 10.5. The van der Waals surface area contributed by atoms with Crippen LogP contribution < -0.4 is 0 Å². The fourth-order valence-corrected chi connectivity index (χ4v) is 1.25. The number of carbonyl (C=O) groups is 1. The predicted molar refractivity (Wildman–Crippen MR) is 52.1 cm³/mol. The van der Waals surface area contributed by atoms with Crippen molar-refractivity contribution in [2.24, 2.45) is 0 Å². The van der Waals surface area contributed by atoms with E-state index in [2.05, 4.69) is 26.0 Å². The Morgan fingerprint density at radius 1 is 1.46 bits per heavy atom. The van der Waals surface area contributed by atoms with Crippen molar-refractivity contribution in [3.8, 4) is 0 Å². The van der Waals surface area contributed by atoms with Crippen molar-refractivity contribution in [2.45, 2.75) is 19.8 Å². The highest BCUT2D eigenvalue weighted by Gasteiger charge is 2.20. The van der Waals surface area contributed by atoms with Gasteiger partial charge < -0.3 is 5.11 Å². The number of hydrogen-bond acceptors (Lipinski definition) is 2. The van der Waals surface area contributed by atoms with E-state index in [-0.39, 0.29) is 6.42 Å². The lowest BCUT2D eigenvalue weighted by Crippen LogP contribution is -2.53. The van der Waals surface area contributed by atoms with Crippen LogP contribution in [0.2, 0.25) is 0 Å². The third kappa shape index (κ3) is 4.85. The summed E-state index contributed by atoms with van der Waals surface area (Å²) in [6.07, 6.45) is 1.31. The second-order valence-corrected chi connectivity index (χ2v) is 3.87. The average Bonchev–Trinajstić information content (AvgIpc) is 1.99. The topological polar surface area (TPSA) is 40.5 Å². The molecule has 0 bridgehead atoms. The van der Waals surface area contributed by atoms with E-state index in [1.54, 1.807) is 0 Å². The molecule has 0 aliphatic rings. The summed E-state index contributed by atoms with van der Waals surface area (Å²) in [7, 11) is 6.13. The van der Waals surface area contributed by atoms with Gasteiger partial charge in [0, 0.05) is 7.05 Å². The minimum absolute atomic E-state index is 0.210. The van der Waals surface area contributed by atoms with E-state index in [0.29, 0.717) is 6.54 Å². The Labute approximate surface area is 80.3 Å². The van der Waals surface area contributed by atoms with Gasteiger partial charge in [0.25, 0.3) is 0 Å². The van der Waals surface area contributed by atoms with Crippen LogP contribution in [0.25, 0.3) is 0 Å². The minimum atomic E-state index is -0.733. The SMILES string of the molecule is CCC[N+](C)(C)N(C)CCC(=O)O. The molecule has 0 heterocycles. The van der Waals surface area contributed by atoms with Gasteiger partial charge in [0.05, 0.1) is 33.6 Å². The number of aliphatic carboxylic acids is 1. The first-order valence-electron chi connectivity index (χ1n) is 4.66. The molecule has 4 heteroatoms. The van der Waals surface area contributed by atoms with Gasteiger partial charge in [-0.05, 0) is 6.42 Å². The second-order valence-electron chi connectivity index (χ2n) is 3.87. The fourth-order valence-electron chi connectivity index (χ4n) is 1.25. The van der Waals surface area contributed by atoms with E-state index >= 15 is 0 Å². The fraction of sp³-hybridized carbons (Fsp3) is 0.889. The summed E-state index contributed by atoms with van der Waals surface area (Å²) in [6, 6.07) is 0. The van der Waals surface area contributed by atoms with Crippen LogP contribution in [0.15, 0.2) is 0 Å². The van der Waals surface area contributed by atoms with Gasteiger partial charge in [0.2, 0.25) is 0 Å². The van der Waals surface area contributed by atoms with E-state index in [1.807, 2.05) is 7.05 Å². The van der Waals surface area contributed by atoms with Gasteiger partial charge in [-0.25, -0.2) is 4.59 Å². The molecule has 4 nitrogen and oxygen atoms in total. The molecule has 0 saturated heterocycles. The third-order valence-electron chi connectivity index (χ3n) is 2.34. The number of nitrogens with zero attached hydrogens (tertiary/aromatic N) is 2. The summed E-state index contributed by atoms with van der Waals surface area (Å²) < 4.78 is 0.754. The zero-order valence-electron chi connectivity index (χ0n) is 9.08. The van der Waals surface area contributed by atoms with Crippen LogP contribution in [0.3, 0.4) is 0 Å². The zero-order valence-corrected chi connectivity index (χ0v) is 9.08. The van der Waals surface area contributed by atoms with Gasteiger partial charge in [-0.3, -0.25) is 4.79 Å². The summed E-state index contributed by atoms with van der Waals surface area (Å²) in [6.45, 7) is 3.77. The van der Waals surface area contributed by atoms with Crippen LogP contribution in [0, 0.1) is 0 Å². The molecule has 78 valence electrons. The molecular formula is C9H21N2O2+. The molecule has 0 unspecified atom stereocenters. The molecule has 0 amide bonds. The van der Waals surface area contributed by atoms with Crippen molar-refractivity contribution < 1.29 is 14.5 Å². The molecule has 0 atom stereocenters. The van der Waals surface area contributed by atoms with Gasteiger partial charge in [0.15, 0.2) is 0 Å². The van der Waals surface area contributed by atoms with Crippen molar-refractivity contribution in [1.29, 1.82) is 0 Å². The van der Waals surface area contributed by atoms with Crippen molar-refractivity contribution in [3.63, 3.8) is 0 Å². The smallest absolute Gasteiger partial charge is 0.304 e. The van der Waals surface area contributed by atoms with E-state index in [0.717, 1.165) is 17.6 Å². The first-order chi connectivity index (χ1) is 5.90. The Kier molecular flexibility index (Phi) is 4.95. The lowest BCUT2D eigenvalue weighted by atomic mass is 10.4. The van der Waals surface area contributed by atoms with Gasteiger partial charge >= 0.3 is 5.97 Å². The standard InChI is InChI=1S/C9H20N2O2/c1-5-8-11(3,4)10(2)7-6-9(12)13/h5-8H2,1-4H3/p+1. The normalized spacial score (nSPS) is 12.1. The lowest BCUT2D eigenvalue weighted by Gasteiger charge is -2.37. The number of hydrogen-bond donors (Lipinski definition) is 1. The summed E-state index contributed by atoms with van der Waals surface area (Å²) in [5.41, 5.74) is 0. The number of carboxylic acid groups (broad SMARTS) is 1. The highest BCUT2D eigenvalue weighted by Crippen LogP contribution is 2.04. The van der Waals surface area contributed by atoms with E-state index < -0.39 is 5.97 Å². The minimum Gasteiger partial charge on any atom is -0.481 e. The highest BCUT2D eigenvalue weighted by molar-refractivity contribution is 5.66. The molecule has 0 saturated carbocycles. The molecule has 0 aromatic carbocycles. The molecule has 0 radical (unpaired) electrons. The molecule has 0 rings (SSSR count). The highest BCUT2D eigenvalue weighted by atomic mass is 16.4. The van der Waals surface area contributed by atoms with E-state index in [4.69, 9.17) is 5.11 Å². The third-order valence-corrected chi connectivity index (χ3v) is 2.34. The monoisotopic (exact) mass is 189 g/mol. The van der Waals surface area contributed by atoms with Crippen LogP contribution in [0.5, 0.6) is 0 Å². The summed E-state index contributed by atoms with van der Waals surface area (Å²) in [4.78, 5) is 10.4. The molecule has 0 aliphatic heterocycles. The summed E-state index contributed by atoms with van der Waals surface area (Å²) in [5.74, 6) is -0.733. The summed E-state index contributed by atoms with van der Waals surface area (Å²) in [5, 5.41) is 10.6. The first kappa shape index (κ1) is 12.4. The molecule has 1 N–H and O–H groups in total. The van der Waals surface area contributed by atoms with Crippen molar-refractivity contribution >= 4 is 5.97 Å². The lowest BCUT2D eigenvalue weighted by molar-refractivity contribution is -1.000. The van der Waals surface area contributed by atoms with Gasteiger partial charge in [-0.15, -0.1) is 0 Å². The first-order valence-corrected chi connectivity index (χ1v) is 4.66. The maximum absolute atomic E-state index is 10.4. The van der Waals surface area contributed by atoms with Crippen LogP contribution in [-0.4, -0.2) is 54.9 Å². The predicted octanol–water partition coefficient (Wildman–Crippen LogP) is 0.794. The van der Waals surface area contributed by atoms with Gasteiger partial charge in [0.1, 0.15) is 0 Å². The number of rotatable bonds is 6. The molecule has 0 aromatic heterocycles. The van der Waals surface area contributed by atoms with E-state index in [1.165, 1.54) is 0 Å². The van der Waals surface area contributed by atoms with Crippen molar-refractivity contribution in [1.82, 2.24) is 5.01 Å². The molecule has 13 heavy (non-hydrogen) atoms. The Morgan fingerprint density at radius 3 is 2.38 bits per heavy atom. The molecule has 0 aromatic rings. The van der Waals surface area contributed by atoms with Crippen LogP contribution in [0.4, 0.5) is 0 Å². The molecular weight excluding hydrogens is 168 g/mol. The number of quaternary nitrogens is 1. The second kappa shape index (κ2) is 5.19. The van der Waals surface area contributed by atoms with Crippen LogP contribution in [-0.2, 0) is 4.79 Å². The van der Waals surface area contributed by atoms with Crippen molar-refractivity contribution in [3.05, 3.63) is 0 Å². The molecule has 0 fully saturated rings. The largest absolute Gasteiger partial charge is 0.481 e. The molecule has 0 aliphatic carbocycles. The maximum atomic E-state index is 10.4. The Bertz CT molecular complexity index is 169. The van der Waals surface area contributed by atoms with Crippen molar-refractivity contribution in [2.75, 3.05) is 34.2 Å². The Balaban J connectivity index is 3.92. The Morgan fingerprint density at radius 2 is 2.00 bits per heavy atom. The quantitative estimate of drug-likeness (QED) is 0.496. The Hall–Kier alpha value is -0.610. The molecule has 0 spiro atoms. The van der Waals surface area contributed by atoms with E-state index in [9.17, 15) is 4.79 Å². The average molecular weight is 189 g/mol.